The molecule has 0 aromatic carbocycles. The van der Waals surface area contributed by atoms with Gasteiger partial charge in [0.15, 0.2) is 0 Å². The molecule has 0 unspecified atom stereocenters. The van der Waals surface area contributed by atoms with Crippen LogP contribution in [0.1, 0.15) is 48.0 Å². The van der Waals surface area contributed by atoms with Crippen molar-refractivity contribution in [2.24, 2.45) is 21.7 Å². The summed E-state index contributed by atoms with van der Waals surface area (Å²) in [6.45, 7) is 14.7. The molecule has 3 aliphatic carbocycles. The van der Waals surface area contributed by atoms with Crippen molar-refractivity contribution in [3.05, 3.63) is 11.1 Å². The summed E-state index contributed by atoms with van der Waals surface area (Å²) in [6.07, 6.45) is 1.45. The maximum Gasteiger partial charge on any atom is 0.00394 e. The van der Waals surface area contributed by atoms with Crippen LogP contribution in [0.4, 0.5) is 0 Å². The first kappa shape index (κ1) is 8.08. The lowest BCUT2D eigenvalue weighted by atomic mass is 9.30. The Kier molecular flexibility index (Phi) is 0.891. The molecule has 0 bridgehead atoms. The van der Waals surface area contributed by atoms with Crippen molar-refractivity contribution in [3.63, 3.8) is 0 Å². The molecule has 0 spiro atoms. The van der Waals surface area contributed by atoms with Gasteiger partial charge in [0.05, 0.1) is 0 Å². The van der Waals surface area contributed by atoms with Crippen LogP contribution in [0.15, 0.2) is 11.1 Å². The number of hydrogen-bond acceptors (Lipinski definition) is 0. The van der Waals surface area contributed by atoms with Crippen LogP contribution in [0, 0.1) is 21.7 Å². The molecule has 3 aliphatic rings. The van der Waals surface area contributed by atoms with Gasteiger partial charge in [0.25, 0.3) is 0 Å². The zero-order valence-electron chi connectivity index (χ0n) is 9.71. The second kappa shape index (κ2) is 1.43. The fraction of sp³-hybridized carbons (Fsp3) is 0.846. The van der Waals surface area contributed by atoms with E-state index in [0.717, 1.165) is 0 Å². The molecule has 0 nitrogen and oxygen atoms in total. The summed E-state index contributed by atoms with van der Waals surface area (Å²) >= 11 is 0. The van der Waals surface area contributed by atoms with E-state index in [2.05, 4.69) is 41.5 Å². The lowest BCUT2D eigenvalue weighted by Crippen LogP contribution is -2.67. The first-order chi connectivity index (χ1) is 5.77. The van der Waals surface area contributed by atoms with Crippen LogP contribution in [0.5, 0.6) is 0 Å². The number of fused-ring (bicyclic) bond motifs is 4. The Hall–Kier alpha value is -0.260. The fourth-order valence-corrected chi connectivity index (χ4v) is 5.43. The van der Waals surface area contributed by atoms with E-state index in [4.69, 9.17) is 0 Å². The maximum atomic E-state index is 2.49. The molecule has 0 aromatic heterocycles. The van der Waals surface area contributed by atoms with Gasteiger partial charge in [0.2, 0.25) is 0 Å². The first-order valence-electron chi connectivity index (χ1n) is 5.46. The fourth-order valence-electron chi connectivity index (χ4n) is 5.43. The number of rotatable bonds is 0. The molecule has 0 saturated heterocycles. The van der Waals surface area contributed by atoms with Gasteiger partial charge in [0, 0.05) is 10.8 Å². The van der Waals surface area contributed by atoms with E-state index >= 15 is 0 Å². The molecular formula is C13H20. The number of allylic oxidation sites excluding steroid dienone is 2. The molecule has 0 heterocycles. The summed E-state index contributed by atoms with van der Waals surface area (Å²) in [7, 11) is 0. The van der Waals surface area contributed by atoms with Gasteiger partial charge in [-0.15, -0.1) is 0 Å². The molecule has 0 N–H and O–H groups in total. The zero-order valence-corrected chi connectivity index (χ0v) is 9.71. The van der Waals surface area contributed by atoms with E-state index in [1.807, 2.05) is 0 Å². The quantitative estimate of drug-likeness (QED) is 0.493. The third-order valence-corrected chi connectivity index (χ3v) is 7.07. The summed E-state index contributed by atoms with van der Waals surface area (Å²) in [5.74, 6) is 0. The summed E-state index contributed by atoms with van der Waals surface area (Å²) in [6, 6.07) is 0. The summed E-state index contributed by atoms with van der Waals surface area (Å²) in [5, 5.41) is 0. The standard InChI is InChI=1S/C13H20/c1-8-9(2)13(6)11(4)7-10(11,3)12(8,13)5/h7H2,1-6H3/t10-,11+,12+,13-. The summed E-state index contributed by atoms with van der Waals surface area (Å²) < 4.78 is 0. The van der Waals surface area contributed by atoms with Crippen LogP contribution in [-0.4, -0.2) is 0 Å². The van der Waals surface area contributed by atoms with Gasteiger partial charge in [-0.05, 0) is 31.1 Å². The average molecular weight is 176 g/mol. The Bertz CT molecular complexity index is 330. The van der Waals surface area contributed by atoms with Crippen LogP contribution in [0.2, 0.25) is 0 Å². The minimum atomic E-state index is 0.541. The van der Waals surface area contributed by atoms with E-state index < -0.39 is 0 Å². The summed E-state index contributed by atoms with van der Waals surface area (Å²) in [5.41, 5.74) is 5.73. The topological polar surface area (TPSA) is 0 Å². The lowest BCUT2D eigenvalue weighted by molar-refractivity contribution is -0.153. The van der Waals surface area contributed by atoms with Gasteiger partial charge in [-0.25, -0.2) is 0 Å². The van der Waals surface area contributed by atoms with Crippen LogP contribution in [0.3, 0.4) is 0 Å². The molecule has 2 saturated carbocycles. The van der Waals surface area contributed by atoms with Crippen molar-refractivity contribution in [3.8, 4) is 0 Å². The average Bonchev–Trinajstić information content (AvgIpc) is 2.64. The highest BCUT2D eigenvalue weighted by Gasteiger charge is 2.93. The monoisotopic (exact) mass is 176 g/mol. The molecule has 0 aliphatic heterocycles. The van der Waals surface area contributed by atoms with Crippen molar-refractivity contribution >= 4 is 0 Å². The minimum absolute atomic E-state index is 0.541. The molecule has 0 amide bonds. The molecule has 4 atom stereocenters. The maximum absolute atomic E-state index is 2.49. The predicted molar refractivity (Wildman–Crippen MR) is 55.4 cm³/mol. The minimum Gasteiger partial charge on any atom is -0.0664 e. The van der Waals surface area contributed by atoms with E-state index in [-0.39, 0.29) is 0 Å². The smallest absolute Gasteiger partial charge is 0.00394 e. The molecule has 13 heavy (non-hydrogen) atoms. The molecule has 0 aromatic rings. The van der Waals surface area contributed by atoms with E-state index in [1.165, 1.54) is 6.42 Å². The first-order valence-corrected chi connectivity index (χ1v) is 5.46. The second-order valence-electron chi connectivity index (χ2n) is 6.34. The van der Waals surface area contributed by atoms with Gasteiger partial charge in [-0.1, -0.05) is 38.8 Å². The normalized spacial score (nSPS) is 67.8. The van der Waals surface area contributed by atoms with Crippen LogP contribution in [0.25, 0.3) is 0 Å². The van der Waals surface area contributed by atoms with Gasteiger partial charge in [-0.2, -0.15) is 0 Å². The Balaban J connectivity index is 2.25. The van der Waals surface area contributed by atoms with Crippen molar-refractivity contribution in [2.75, 3.05) is 0 Å². The van der Waals surface area contributed by atoms with Crippen LogP contribution in [-0.2, 0) is 0 Å². The molecule has 72 valence electrons. The highest BCUT2D eigenvalue weighted by Crippen LogP contribution is 2.99. The zero-order chi connectivity index (χ0) is 9.86. The Morgan fingerprint density at radius 1 is 0.769 bits per heavy atom. The molecule has 0 heteroatoms. The van der Waals surface area contributed by atoms with Crippen molar-refractivity contribution < 1.29 is 0 Å². The van der Waals surface area contributed by atoms with Gasteiger partial charge in [-0.3, -0.25) is 0 Å². The van der Waals surface area contributed by atoms with E-state index in [1.54, 1.807) is 11.1 Å². The van der Waals surface area contributed by atoms with Crippen LogP contribution < -0.4 is 0 Å². The van der Waals surface area contributed by atoms with Crippen LogP contribution >= 0.6 is 0 Å². The lowest BCUT2D eigenvalue weighted by Gasteiger charge is -2.74. The largest absolute Gasteiger partial charge is 0.0664 e. The van der Waals surface area contributed by atoms with E-state index in [9.17, 15) is 0 Å². The third kappa shape index (κ3) is 0.358. The van der Waals surface area contributed by atoms with Gasteiger partial charge < -0.3 is 0 Å². The second-order valence-corrected chi connectivity index (χ2v) is 6.34. The SMILES string of the molecule is CC1=C(C)[C@]2(C)[C@@]3(C)C[C@@]3(C)[C@]12C. The number of hydrogen-bond donors (Lipinski definition) is 0. The Labute approximate surface area is 81.4 Å². The van der Waals surface area contributed by atoms with Crippen molar-refractivity contribution in [1.29, 1.82) is 0 Å². The van der Waals surface area contributed by atoms with Crippen molar-refractivity contribution in [1.82, 2.24) is 0 Å². The van der Waals surface area contributed by atoms with E-state index in [0.29, 0.717) is 21.7 Å². The molecule has 0 radical (unpaired) electrons. The molecular weight excluding hydrogens is 156 g/mol. The van der Waals surface area contributed by atoms with Gasteiger partial charge >= 0.3 is 0 Å². The summed E-state index contributed by atoms with van der Waals surface area (Å²) in [4.78, 5) is 0. The Morgan fingerprint density at radius 2 is 1.08 bits per heavy atom. The highest BCUT2D eigenvalue weighted by molar-refractivity contribution is 5.59. The van der Waals surface area contributed by atoms with Crippen molar-refractivity contribution in [2.45, 2.75) is 48.0 Å². The Morgan fingerprint density at radius 3 is 1.38 bits per heavy atom. The van der Waals surface area contributed by atoms with Gasteiger partial charge in [0.1, 0.15) is 0 Å². The predicted octanol–water partition coefficient (Wildman–Crippen LogP) is 3.78. The third-order valence-electron chi connectivity index (χ3n) is 7.07. The highest BCUT2D eigenvalue weighted by atomic mass is 15.0. The molecule has 2 fully saturated rings. The molecule has 3 rings (SSSR count).